The molecule has 0 saturated heterocycles. The van der Waals surface area contributed by atoms with Crippen LogP contribution in [0.1, 0.15) is 50.7 Å². The highest BCUT2D eigenvalue weighted by Gasteiger charge is 2.24. The van der Waals surface area contributed by atoms with E-state index in [4.69, 9.17) is 16.3 Å². The maximum absolute atomic E-state index is 10.0. The standard InChI is InChI=1S/C15H21ClO3/c1-10(17)11-7-8-14(12(16)9-11)19-15-6-4-2-3-5-13(15)18/h7-10,13,15,17-18H,2-6H2,1H3/t10-,13?,15?/m0/s1. The zero-order valence-electron chi connectivity index (χ0n) is 11.2. The van der Waals surface area contributed by atoms with Gasteiger partial charge in [0, 0.05) is 0 Å². The van der Waals surface area contributed by atoms with E-state index in [0.717, 1.165) is 37.7 Å². The summed E-state index contributed by atoms with van der Waals surface area (Å²) < 4.78 is 5.85. The minimum Gasteiger partial charge on any atom is -0.486 e. The fraction of sp³-hybridized carbons (Fsp3) is 0.600. The molecule has 0 aliphatic heterocycles. The quantitative estimate of drug-likeness (QED) is 0.836. The molecular weight excluding hydrogens is 264 g/mol. The number of rotatable bonds is 3. The van der Waals surface area contributed by atoms with Crippen LogP contribution < -0.4 is 4.74 Å². The summed E-state index contributed by atoms with van der Waals surface area (Å²) in [5.41, 5.74) is 0.763. The fourth-order valence-corrected chi connectivity index (χ4v) is 2.66. The van der Waals surface area contributed by atoms with Crippen LogP contribution in [0.2, 0.25) is 5.02 Å². The van der Waals surface area contributed by atoms with Crippen molar-refractivity contribution >= 4 is 11.6 Å². The molecule has 19 heavy (non-hydrogen) atoms. The van der Waals surface area contributed by atoms with Gasteiger partial charge in [-0.2, -0.15) is 0 Å². The summed E-state index contributed by atoms with van der Waals surface area (Å²) in [6.45, 7) is 1.70. The van der Waals surface area contributed by atoms with E-state index in [9.17, 15) is 10.2 Å². The zero-order chi connectivity index (χ0) is 13.8. The molecule has 1 aromatic rings. The van der Waals surface area contributed by atoms with E-state index in [2.05, 4.69) is 0 Å². The maximum Gasteiger partial charge on any atom is 0.138 e. The first-order valence-electron chi connectivity index (χ1n) is 6.90. The Bertz CT molecular complexity index is 420. The number of ether oxygens (including phenoxy) is 1. The average molecular weight is 285 g/mol. The Morgan fingerprint density at radius 3 is 2.68 bits per heavy atom. The van der Waals surface area contributed by atoms with Crippen LogP contribution in [0, 0.1) is 0 Å². The minimum absolute atomic E-state index is 0.183. The third kappa shape index (κ3) is 3.85. The summed E-state index contributed by atoms with van der Waals surface area (Å²) in [4.78, 5) is 0. The number of halogens is 1. The molecule has 0 aromatic heterocycles. The van der Waals surface area contributed by atoms with Crippen molar-refractivity contribution in [1.82, 2.24) is 0 Å². The number of aliphatic hydroxyl groups is 2. The molecule has 2 unspecified atom stereocenters. The average Bonchev–Trinajstić information content (AvgIpc) is 2.57. The highest BCUT2D eigenvalue weighted by molar-refractivity contribution is 6.32. The second kappa shape index (κ2) is 6.60. The van der Waals surface area contributed by atoms with E-state index in [1.165, 1.54) is 0 Å². The molecular formula is C15H21ClO3. The highest BCUT2D eigenvalue weighted by atomic mass is 35.5. The van der Waals surface area contributed by atoms with Crippen LogP contribution in [-0.4, -0.2) is 22.4 Å². The summed E-state index contributed by atoms with van der Waals surface area (Å²) in [6, 6.07) is 5.28. The van der Waals surface area contributed by atoms with Gasteiger partial charge in [-0.15, -0.1) is 0 Å². The van der Waals surface area contributed by atoms with Crippen LogP contribution in [-0.2, 0) is 0 Å². The van der Waals surface area contributed by atoms with Crippen molar-refractivity contribution in [3.8, 4) is 5.75 Å². The first kappa shape index (κ1) is 14.6. The monoisotopic (exact) mass is 284 g/mol. The van der Waals surface area contributed by atoms with Gasteiger partial charge in [0.2, 0.25) is 0 Å². The summed E-state index contributed by atoms with van der Waals surface area (Å²) in [7, 11) is 0. The molecule has 1 aliphatic carbocycles. The van der Waals surface area contributed by atoms with Crippen molar-refractivity contribution in [2.24, 2.45) is 0 Å². The molecule has 4 heteroatoms. The van der Waals surface area contributed by atoms with E-state index in [-0.39, 0.29) is 6.10 Å². The molecule has 1 saturated carbocycles. The lowest BCUT2D eigenvalue weighted by Gasteiger charge is -2.23. The van der Waals surface area contributed by atoms with Crippen LogP contribution in [0.25, 0.3) is 0 Å². The van der Waals surface area contributed by atoms with Gasteiger partial charge in [0.25, 0.3) is 0 Å². The third-order valence-corrected chi connectivity index (χ3v) is 3.93. The topological polar surface area (TPSA) is 49.7 Å². The molecule has 3 atom stereocenters. The predicted molar refractivity (Wildman–Crippen MR) is 75.6 cm³/mol. The second-order valence-corrected chi connectivity index (χ2v) is 5.63. The number of hydrogen-bond acceptors (Lipinski definition) is 3. The zero-order valence-corrected chi connectivity index (χ0v) is 11.9. The van der Waals surface area contributed by atoms with E-state index in [0.29, 0.717) is 10.8 Å². The van der Waals surface area contributed by atoms with Gasteiger partial charge < -0.3 is 14.9 Å². The normalized spacial score (nSPS) is 25.7. The van der Waals surface area contributed by atoms with E-state index >= 15 is 0 Å². The molecule has 0 amide bonds. The first-order valence-corrected chi connectivity index (χ1v) is 7.28. The molecule has 2 rings (SSSR count). The third-order valence-electron chi connectivity index (χ3n) is 3.63. The van der Waals surface area contributed by atoms with Gasteiger partial charge in [-0.05, 0) is 43.9 Å². The van der Waals surface area contributed by atoms with Crippen LogP contribution >= 0.6 is 11.6 Å². The van der Waals surface area contributed by atoms with Crippen molar-refractivity contribution in [2.75, 3.05) is 0 Å². The summed E-state index contributed by atoms with van der Waals surface area (Å²) >= 11 is 6.16. The Morgan fingerprint density at radius 1 is 1.26 bits per heavy atom. The van der Waals surface area contributed by atoms with E-state index in [1.807, 2.05) is 0 Å². The molecule has 1 aromatic carbocycles. The molecule has 3 nitrogen and oxygen atoms in total. The summed E-state index contributed by atoms with van der Waals surface area (Å²) in [5, 5.41) is 20.0. The van der Waals surface area contributed by atoms with Crippen molar-refractivity contribution in [3.05, 3.63) is 28.8 Å². The van der Waals surface area contributed by atoms with Gasteiger partial charge in [-0.1, -0.05) is 30.5 Å². The molecule has 0 radical (unpaired) electrons. The van der Waals surface area contributed by atoms with Crippen LogP contribution in [0.4, 0.5) is 0 Å². The summed E-state index contributed by atoms with van der Waals surface area (Å²) in [5.74, 6) is 0.581. The van der Waals surface area contributed by atoms with Gasteiger partial charge in [0.1, 0.15) is 11.9 Å². The number of benzene rings is 1. The predicted octanol–water partition coefficient (Wildman–Crippen LogP) is 3.47. The number of hydrogen-bond donors (Lipinski definition) is 2. The molecule has 0 spiro atoms. The van der Waals surface area contributed by atoms with Gasteiger partial charge in [0.15, 0.2) is 0 Å². The number of aliphatic hydroxyl groups excluding tert-OH is 2. The largest absolute Gasteiger partial charge is 0.486 e. The maximum atomic E-state index is 10.0. The van der Waals surface area contributed by atoms with Crippen LogP contribution in [0.3, 0.4) is 0 Å². The van der Waals surface area contributed by atoms with E-state index in [1.54, 1.807) is 25.1 Å². The van der Waals surface area contributed by atoms with Crippen molar-refractivity contribution in [3.63, 3.8) is 0 Å². The first-order chi connectivity index (χ1) is 9.08. The minimum atomic E-state index is -0.546. The SMILES string of the molecule is C[C@H](O)c1ccc(OC2CCCCCC2O)c(Cl)c1. The van der Waals surface area contributed by atoms with Crippen molar-refractivity contribution in [2.45, 2.75) is 57.3 Å². The molecule has 2 N–H and O–H groups in total. The fourth-order valence-electron chi connectivity index (χ4n) is 2.43. The van der Waals surface area contributed by atoms with Crippen LogP contribution in [0.15, 0.2) is 18.2 Å². The van der Waals surface area contributed by atoms with Gasteiger partial charge >= 0.3 is 0 Å². The Labute approximate surface area is 119 Å². The molecule has 1 fully saturated rings. The van der Waals surface area contributed by atoms with Crippen LogP contribution in [0.5, 0.6) is 5.75 Å². The van der Waals surface area contributed by atoms with Crippen molar-refractivity contribution in [1.29, 1.82) is 0 Å². The highest BCUT2D eigenvalue weighted by Crippen LogP contribution is 2.31. The Balaban J connectivity index is 2.09. The second-order valence-electron chi connectivity index (χ2n) is 5.23. The van der Waals surface area contributed by atoms with Gasteiger partial charge in [-0.25, -0.2) is 0 Å². The van der Waals surface area contributed by atoms with Gasteiger partial charge in [0.05, 0.1) is 17.2 Å². The Morgan fingerprint density at radius 2 is 2.00 bits per heavy atom. The Hall–Kier alpha value is -0.770. The molecule has 106 valence electrons. The molecule has 0 bridgehead atoms. The van der Waals surface area contributed by atoms with Crippen molar-refractivity contribution < 1.29 is 14.9 Å². The Kier molecular flexibility index (Phi) is 5.08. The van der Waals surface area contributed by atoms with E-state index < -0.39 is 12.2 Å². The lowest BCUT2D eigenvalue weighted by Crippen LogP contribution is -2.30. The summed E-state index contributed by atoms with van der Waals surface area (Å²) in [6.07, 6.45) is 3.76. The smallest absolute Gasteiger partial charge is 0.138 e. The molecule has 0 heterocycles. The lowest BCUT2D eigenvalue weighted by atomic mass is 10.1. The lowest BCUT2D eigenvalue weighted by molar-refractivity contribution is 0.0320. The molecule has 1 aliphatic rings. The van der Waals surface area contributed by atoms with Gasteiger partial charge in [-0.3, -0.25) is 0 Å².